The summed E-state index contributed by atoms with van der Waals surface area (Å²) in [6.45, 7) is 2.06. The Morgan fingerprint density at radius 2 is 1.84 bits per heavy atom. The van der Waals surface area contributed by atoms with Crippen LogP contribution in [0.5, 0.6) is 0 Å². The SMILES string of the molecule is O=C(O)c1cccc(-c2csc(N3CCC(OCc4c(-c5c(Cl)cccc5Cl)noc4C4CC4)CC3)n2)c1. The van der Waals surface area contributed by atoms with E-state index in [4.69, 9.17) is 37.4 Å². The van der Waals surface area contributed by atoms with Crippen molar-refractivity contribution in [1.82, 2.24) is 10.1 Å². The van der Waals surface area contributed by atoms with Gasteiger partial charge in [-0.25, -0.2) is 9.78 Å². The van der Waals surface area contributed by atoms with Crippen LogP contribution in [0, 0.1) is 0 Å². The third-order valence-electron chi connectivity index (χ3n) is 7.04. The van der Waals surface area contributed by atoms with Crippen LogP contribution in [0.3, 0.4) is 0 Å². The number of thiazole rings is 1. The zero-order valence-corrected chi connectivity index (χ0v) is 22.7. The van der Waals surface area contributed by atoms with Gasteiger partial charge in [-0.15, -0.1) is 11.3 Å². The third kappa shape index (κ3) is 5.18. The van der Waals surface area contributed by atoms with Gasteiger partial charge in [-0.2, -0.15) is 0 Å². The van der Waals surface area contributed by atoms with Crippen LogP contribution in [0.2, 0.25) is 10.0 Å². The molecule has 0 unspecified atom stereocenters. The van der Waals surface area contributed by atoms with Crippen LogP contribution in [-0.2, 0) is 11.3 Å². The van der Waals surface area contributed by atoms with Gasteiger partial charge in [0.1, 0.15) is 11.5 Å². The minimum absolute atomic E-state index is 0.106. The molecule has 0 spiro atoms. The molecule has 2 fully saturated rings. The molecular weight excluding hydrogens is 545 g/mol. The molecule has 3 heterocycles. The van der Waals surface area contributed by atoms with E-state index in [1.54, 1.807) is 29.5 Å². The Morgan fingerprint density at radius 3 is 2.55 bits per heavy atom. The van der Waals surface area contributed by atoms with Crippen LogP contribution in [0.4, 0.5) is 5.13 Å². The molecule has 0 amide bonds. The van der Waals surface area contributed by atoms with Crippen LogP contribution in [0.15, 0.2) is 52.4 Å². The Morgan fingerprint density at radius 1 is 1.11 bits per heavy atom. The molecule has 0 atom stereocenters. The van der Waals surface area contributed by atoms with Gasteiger partial charge in [0.25, 0.3) is 0 Å². The molecule has 1 aliphatic carbocycles. The summed E-state index contributed by atoms with van der Waals surface area (Å²) in [7, 11) is 0. The molecule has 38 heavy (non-hydrogen) atoms. The minimum atomic E-state index is -0.943. The molecule has 4 aromatic rings. The predicted octanol–water partition coefficient (Wildman–Crippen LogP) is 7.53. The van der Waals surface area contributed by atoms with Crippen molar-refractivity contribution < 1.29 is 19.2 Å². The van der Waals surface area contributed by atoms with E-state index in [1.807, 2.05) is 29.6 Å². The van der Waals surface area contributed by atoms with E-state index in [1.165, 1.54) is 0 Å². The lowest BCUT2D eigenvalue weighted by atomic mass is 10.0. The van der Waals surface area contributed by atoms with Crippen molar-refractivity contribution in [3.8, 4) is 22.5 Å². The minimum Gasteiger partial charge on any atom is -0.478 e. The first-order chi connectivity index (χ1) is 18.5. The monoisotopic (exact) mass is 569 g/mol. The number of aromatic nitrogens is 2. The van der Waals surface area contributed by atoms with Crippen molar-refractivity contribution in [1.29, 1.82) is 0 Å². The first kappa shape index (κ1) is 25.4. The fraction of sp³-hybridized carbons (Fsp3) is 0.321. The van der Waals surface area contributed by atoms with Gasteiger partial charge in [0.15, 0.2) is 5.13 Å². The molecule has 1 saturated heterocycles. The van der Waals surface area contributed by atoms with Gasteiger partial charge >= 0.3 is 5.97 Å². The van der Waals surface area contributed by atoms with E-state index < -0.39 is 5.97 Å². The molecule has 1 N–H and O–H groups in total. The second kappa shape index (κ2) is 10.7. The number of hydrogen-bond donors (Lipinski definition) is 1. The number of carboxylic acids is 1. The highest BCUT2D eigenvalue weighted by Crippen LogP contribution is 2.46. The average molecular weight is 570 g/mol. The van der Waals surface area contributed by atoms with Crippen molar-refractivity contribution in [2.75, 3.05) is 18.0 Å². The zero-order valence-electron chi connectivity index (χ0n) is 20.4. The molecular formula is C28H25Cl2N3O4S. The summed E-state index contributed by atoms with van der Waals surface area (Å²) < 4.78 is 12.2. The smallest absolute Gasteiger partial charge is 0.335 e. The van der Waals surface area contributed by atoms with Crippen LogP contribution >= 0.6 is 34.5 Å². The molecule has 1 aliphatic heterocycles. The molecule has 0 radical (unpaired) electrons. The summed E-state index contributed by atoms with van der Waals surface area (Å²) in [5, 5.41) is 17.6. The topological polar surface area (TPSA) is 88.7 Å². The number of benzene rings is 2. The number of ether oxygens (including phenoxy) is 1. The van der Waals surface area contributed by atoms with Gasteiger partial charge in [-0.05, 0) is 49.9 Å². The van der Waals surface area contributed by atoms with Crippen LogP contribution in [0.25, 0.3) is 22.5 Å². The Labute approximate surface area is 234 Å². The number of piperidine rings is 1. The van der Waals surface area contributed by atoms with Gasteiger partial charge in [0.05, 0.1) is 34.0 Å². The Hall–Kier alpha value is -2.91. The summed E-state index contributed by atoms with van der Waals surface area (Å²) in [6, 6.07) is 12.3. The van der Waals surface area contributed by atoms with Gasteiger partial charge in [0, 0.05) is 41.1 Å². The molecule has 2 aromatic heterocycles. The summed E-state index contributed by atoms with van der Waals surface area (Å²) in [4.78, 5) is 18.4. The third-order valence-corrected chi connectivity index (χ3v) is 8.57. The van der Waals surface area contributed by atoms with Crippen molar-refractivity contribution in [3.63, 3.8) is 0 Å². The summed E-state index contributed by atoms with van der Waals surface area (Å²) in [5.41, 5.74) is 4.15. The van der Waals surface area contributed by atoms with Crippen LogP contribution in [0.1, 0.15) is 53.3 Å². The van der Waals surface area contributed by atoms with Crippen LogP contribution in [-0.4, -0.2) is 40.4 Å². The average Bonchev–Trinajstić information content (AvgIpc) is 3.49. The van der Waals surface area contributed by atoms with E-state index in [0.29, 0.717) is 33.8 Å². The largest absolute Gasteiger partial charge is 0.478 e. The number of rotatable bonds is 8. The highest BCUT2D eigenvalue weighted by molar-refractivity contribution is 7.14. The molecule has 1 saturated carbocycles. The standard InChI is InChI=1S/C28H25Cl2N3O4S/c29-21-5-2-6-22(30)24(21)25-20(26(37-32-25)16-7-8-16)14-36-19-9-11-33(12-10-19)28-31-23(15-38-28)17-3-1-4-18(13-17)27(34)35/h1-6,13,15-16,19H,7-12,14H2,(H,34,35). The summed E-state index contributed by atoms with van der Waals surface area (Å²) >= 11 is 14.5. The second-order valence-electron chi connectivity index (χ2n) is 9.64. The van der Waals surface area contributed by atoms with Gasteiger partial charge in [0.2, 0.25) is 0 Å². The van der Waals surface area contributed by atoms with Crippen LogP contribution < -0.4 is 4.90 Å². The number of hydrogen-bond acceptors (Lipinski definition) is 7. The molecule has 2 aliphatic rings. The molecule has 7 nitrogen and oxygen atoms in total. The summed E-state index contributed by atoms with van der Waals surface area (Å²) in [6.07, 6.45) is 4.03. The maximum absolute atomic E-state index is 11.3. The van der Waals surface area contributed by atoms with E-state index in [0.717, 1.165) is 66.5 Å². The van der Waals surface area contributed by atoms with Crippen molar-refractivity contribution in [3.05, 3.63) is 74.8 Å². The fourth-order valence-electron chi connectivity index (χ4n) is 4.82. The zero-order chi connectivity index (χ0) is 26.2. The maximum Gasteiger partial charge on any atom is 0.335 e. The molecule has 0 bridgehead atoms. The van der Waals surface area contributed by atoms with Crippen molar-refractivity contribution in [2.45, 2.75) is 44.3 Å². The van der Waals surface area contributed by atoms with Gasteiger partial charge in [-0.3, -0.25) is 0 Å². The maximum atomic E-state index is 11.3. The number of carboxylic acid groups (broad SMARTS) is 1. The Bertz CT molecular complexity index is 1450. The Balaban J connectivity index is 1.11. The molecule has 2 aromatic carbocycles. The Kier molecular flexibility index (Phi) is 7.14. The predicted molar refractivity (Wildman–Crippen MR) is 148 cm³/mol. The lowest BCUT2D eigenvalue weighted by Crippen LogP contribution is -2.37. The highest BCUT2D eigenvalue weighted by Gasteiger charge is 2.34. The number of anilines is 1. The van der Waals surface area contributed by atoms with Gasteiger partial charge in [-0.1, -0.05) is 46.6 Å². The van der Waals surface area contributed by atoms with E-state index in [9.17, 15) is 9.90 Å². The number of aromatic carboxylic acids is 1. The highest BCUT2D eigenvalue weighted by atomic mass is 35.5. The molecule has 6 rings (SSSR count). The number of nitrogens with zero attached hydrogens (tertiary/aromatic N) is 3. The number of halogens is 2. The lowest BCUT2D eigenvalue weighted by Gasteiger charge is -2.31. The number of carbonyl (C=O) groups is 1. The van der Waals surface area contributed by atoms with E-state index in [2.05, 4.69) is 10.1 Å². The second-order valence-corrected chi connectivity index (χ2v) is 11.3. The molecule has 10 heteroatoms. The van der Waals surface area contributed by atoms with E-state index >= 15 is 0 Å². The first-order valence-electron chi connectivity index (χ1n) is 12.6. The first-order valence-corrected chi connectivity index (χ1v) is 14.2. The molecule has 196 valence electrons. The van der Waals surface area contributed by atoms with Crippen molar-refractivity contribution in [2.24, 2.45) is 0 Å². The van der Waals surface area contributed by atoms with E-state index in [-0.39, 0.29) is 11.7 Å². The van der Waals surface area contributed by atoms with Gasteiger partial charge < -0.3 is 19.3 Å². The fourth-order valence-corrected chi connectivity index (χ4v) is 6.28. The quantitative estimate of drug-likeness (QED) is 0.234. The summed E-state index contributed by atoms with van der Waals surface area (Å²) in [5.74, 6) is 0.325. The van der Waals surface area contributed by atoms with Crippen molar-refractivity contribution >= 4 is 45.6 Å². The normalized spacial score (nSPS) is 16.2. The lowest BCUT2D eigenvalue weighted by molar-refractivity contribution is 0.0246.